The number of hydrogen-bond acceptors (Lipinski definition) is 15. The van der Waals surface area contributed by atoms with Crippen LogP contribution in [0.1, 0.15) is 141 Å². The van der Waals surface area contributed by atoms with Crippen LogP contribution in [0.5, 0.6) is 0 Å². The number of amides is 6. The molecule has 0 aromatic rings. The summed E-state index contributed by atoms with van der Waals surface area (Å²) in [6.07, 6.45) is 18.1. The SMILES string of the molecule is C#COP(=O)(O)OCCCCNC(=O)CCCC(=O)N1CCCC1C(=O)NC(COCCC(=O)NCCCCCCO)(COCCC(=O)NCCCCCCO)COCCC(=O)NCCCCCCO. The largest absolute Gasteiger partial charge is 0.535 e. The van der Waals surface area contributed by atoms with Crippen molar-refractivity contribution in [1.29, 1.82) is 0 Å². The van der Waals surface area contributed by atoms with Crippen LogP contribution in [0.15, 0.2) is 0 Å². The first-order valence-electron chi connectivity index (χ1n) is 25.2. The third-order valence-corrected chi connectivity index (χ3v) is 12.0. The fourth-order valence-electron chi connectivity index (χ4n) is 7.29. The highest BCUT2D eigenvalue weighted by Crippen LogP contribution is 2.42. The van der Waals surface area contributed by atoms with Crippen molar-refractivity contribution in [3.05, 3.63) is 0 Å². The summed E-state index contributed by atoms with van der Waals surface area (Å²) < 4.78 is 38.5. The third-order valence-electron chi connectivity index (χ3n) is 11.2. The molecule has 6 amide bonds. The van der Waals surface area contributed by atoms with Crippen LogP contribution in [0.2, 0.25) is 0 Å². The summed E-state index contributed by atoms with van der Waals surface area (Å²) in [5, 5.41) is 41.3. The minimum atomic E-state index is -4.31. The Morgan fingerprint density at radius 1 is 0.571 bits per heavy atom. The van der Waals surface area contributed by atoms with Crippen LogP contribution in [0.4, 0.5) is 0 Å². The van der Waals surface area contributed by atoms with Gasteiger partial charge in [-0.3, -0.25) is 38.2 Å². The second kappa shape index (κ2) is 41.7. The number of phosphoric ester groups is 1. The lowest BCUT2D eigenvalue weighted by Crippen LogP contribution is -2.62. The first-order valence-corrected chi connectivity index (χ1v) is 26.7. The van der Waals surface area contributed by atoms with E-state index in [4.69, 9.17) is 40.5 Å². The molecule has 1 heterocycles. The van der Waals surface area contributed by atoms with Gasteiger partial charge in [-0.05, 0) is 70.6 Å². The average Bonchev–Trinajstić information content (AvgIpc) is 3.83. The second-order valence-corrected chi connectivity index (χ2v) is 18.7. The van der Waals surface area contributed by atoms with Gasteiger partial charge < -0.3 is 65.5 Å². The highest BCUT2D eigenvalue weighted by molar-refractivity contribution is 7.47. The van der Waals surface area contributed by atoms with Crippen LogP contribution in [0, 0.1) is 12.5 Å². The molecule has 1 aliphatic rings. The van der Waals surface area contributed by atoms with E-state index in [1.165, 1.54) is 4.90 Å². The number of carbonyl (C=O) groups excluding carboxylic acids is 6. The molecule has 23 heteroatoms. The van der Waals surface area contributed by atoms with Crippen LogP contribution in [0.25, 0.3) is 0 Å². The Hall–Kier alpha value is -3.91. The maximum atomic E-state index is 14.3. The Kier molecular flexibility index (Phi) is 38.2. The zero-order valence-corrected chi connectivity index (χ0v) is 42.3. The summed E-state index contributed by atoms with van der Waals surface area (Å²) in [5.41, 5.74) is -1.39. The predicted octanol–water partition coefficient (Wildman–Crippen LogP) is 1.85. The Morgan fingerprint density at radius 2 is 0.986 bits per heavy atom. The van der Waals surface area contributed by atoms with E-state index in [1.807, 2.05) is 0 Å². The number of rotatable bonds is 46. The van der Waals surface area contributed by atoms with E-state index in [1.54, 1.807) is 6.11 Å². The first-order chi connectivity index (χ1) is 33.8. The molecular weight excluding hydrogens is 936 g/mol. The molecule has 2 unspecified atom stereocenters. The maximum absolute atomic E-state index is 14.3. The van der Waals surface area contributed by atoms with Gasteiger partial charge in [-0.1, -0.05) is 44.9 Å². The number of nitrogens with one attached hydrogen (secondary N) is 5. The van der Waals surface area contributed by atoms with E-state index >= 15 is 0 Å². The number of phosphoric acid groups is 1. The lowest BCUT2D eigenvalue weighted by molar-refractivity contribution is -0.141. The molecule has 1 saturated heterocycles. The minimum Gasteiger partial charge on any atom is -0.396 e. The summed E-state index contributed by atoms with van der Waals surface area (Å²) in [4.78, 5) is 89.1. The van der Waals surface area contributed by atoms with Gasteiger partial charge in [-0.2, -0.15) is 0 Å². The molecule has 70 heavy (non-hydrogen) atoms. The summed E-state index contributed by atoms with van der Waals surface area (Å²) in [6, 6.07) is -0.863. The Labute approximate surface area is 414 Å². The molecule has 0 radical (unpaired) electrons. The normalized spacial score (nSPS) is 14.3. The lowest BCUT2D eigenvalue weighted by Gasteiger charge is -2.36. The molecule has 22 nitrogen and oxygen atoms in total. The van der Waals surface area contributed by atoms with Gasteiger partial charge in [0.05, 0.1) is 46.2 Å². The highest BCUT2D eigenvalue weighted by Gasteiger charge is 2.40. The van der Waals surface area contributed by atoms with Crippen molar-refractivity contribution in [2.75, 3.05) is 98.8 Å². The lowest BCUT2D eigenvalue weighted by atomic mass is 10.0. The van der Waals surface area contributed by atoms with E-state index in [0.29, 0.717) is 71.1 Å². The average molecular weight is 1020 g/mol. The summed E-state index contributed by atoms with van der Waals surface area (Å²) in [5.74, 6) is -1.77. The van der Waals surface area contributed by atoms with Crippen LogP contribution in [0.3, 0.4) is 0 Å². The molecule has 0 bridgehead atoms. The van der Waals surface area contributed by atoms with Gasteiger partial charge in [0, 0.05) is 84.6 Å². The minimum absolute atomic E-state index is 0.00660. The molecule has 9 N–H and O–H groups in total. The number of unbranched alkanes of at least 4 members (excludes halogenated alkanes) is 10. The third kappa shape index (κ3) is 33.6. The zero-order valence-electron chi connectivity index (χ0n) is 41.4. The summed E-state index contributed by atoms with van der Waals surface area (Å²) in [6.45, 7) is 1.71. The van der Waals surface area contributed by atoms with Gasteiger partial charge in [-0.15, -0.1) is 0 Å². The van der Waals surface area contributed by atoms with E-state index < -0.39 is 25.3 Å². The molecule has 2 atom stereocenters. The van der Waals surface area contributed by atoms with Crippen molar-refractivity contribution >= 4 is 43.3 Å². The molecule has 0 spiro atoms. The summed E-state index contributed by atoms with van der Waals surface area (Å²) >= 11 is 0. The van der Waals surface area contributed by atoms with Gasteiger partial charge in [0.1, 0.15) is 17.7 Å². The fraction of sp³-hybridized carbons (Fsp3) is 0.830. The number of carbonyl (C=O) groups is 6. The van der Waals surface area contributed by atoms with Crippen LogP contribution in [-0.2, 0) is 56.6 Å². The number of ether oxygens (including phenoxy) is 3. The number of likely N-dealkylation sites (tertiary alicyclic amines) is 1. The number of hydrogen-bond donors (Lipinski definition) is 9. The number of terminal acetylenes is 1. The van der Waals surface area contributed by atoms with Gasteiger partial charge in [0.25, 0.3) is 0 Å². The number of aliphatic hydroxyl groups is 3. The highest BCUT2D eigenvalue weighted by atomic mass is 31.2. The molecule has 1 rings (SSSR count). The molecule has 404 valence electrons. The monoisotopic (exact) mass is 1020 g/mol. The van der Waals surface area contributed by atoms with Crippen molar-refractivity contribution in [2.45, 2.75) is 153 Å². The molecule has 0 aliphatic carbocycles. The second-order valence-electron chi connectivity index (χ2n) is 17.3. The van der Waals surface area contributed by atoms with Crippen LogP contribution in [-0.4, -0.2) is 171 Å². The van der Waals surface area contributed by atoms with Crippen molar-refractivity contribution in [3.8, 4) is 12.5 Å². The molecular formula is C47H85N6O16P. The van der Waals surface area contributed by atoms with Gasteiger partial charge in [-0.25, -0.2) is 4.57 Å². The number of aliphatic hydroxyl groups excluding tert-OH is 3. The first kappa shape index (κ1) is 64.1. The molecule has 1 aliphatic heterocycles. The molecule has 0 aromatic carbocycles. The van der Waals surface area contributed by atoms with Gasteiger partial charge in [0.2, 0.25) is 35.4 Å². The van der Waals surface area contributed by atoms with Crippen LogP contribution < -0.4 is 26.6 Å². The Morgan fingerprint density at radius 3 is 1.41 bits per heavy atom. The van der Waals surface area contributed by atoms with E-state index in [-0.39, 0.29) is 141 Å². The van der Waals surface area contributed by atoms with Crippen LogP contribution >= 0.6 is 7.82 Å². The quantitative estimate of drug-likeness (QED) is 0.0239. The molecule has 0 aromatic heterocycles. The Bertz CT molecular complexity index is 1470. The maximum Gasteiger partial charge on any atom is 0.535 e. The van der Waals surface area contributed by atoms with Gasteiger partial charge >= 0.3 is 7.82 Å². The van der Waals surface area contributed by atoms with Crippen molar-refractivity contribution in [3.63, 3.8) is 0 Å². The topological polar surface area (TPSA) is 310 Å². The Balaban J connectivity index is 3.03. The molecule has 1 fully saturated rings. The predicted molar refractivity (Wildman–Crippen MR) is 259 cm³/mol. The van der Waals surface area contributed by atoms with E-state index in [0.717, 1.165) is 57.8 Å². The van der Waals surface area contributed by atoms with Crippen molar-refractivity contribution in [1.82, 2.24) is 31.5 Å². The summed E-state index contributed by atoms with van der Waals surface area (Å²) in [7, 11) is -4.31. The van der Waals surface area contributed by atoms with Crippen molar-refractivity contribution < 1.29 is 76.8 Å². The zero-order chi connectivity index (χ0) is 51.6. The number of nitrogens with zero attached hydrogens (tertiary/aromatic N) is 1. The van der Waals surface area contributed by atoms with E-state index in [9.17, 15) is 38.2 Å². The van der Waals surface area contributed by atoms with Gasteiger partial charge in [0.15, 0.2) is 0 Å². The fourth-order valence-corrected chi connectivity index (χ4v) is 7.84. The molecule has 0 saturated carbocycles. The standard InChI is InChI=1S/C47H85N6O16P/c1-2-68-70(63,64)69-33-16-12-28-48-41(57)20-17-21-45(61)53-29-18-19-40(53)46(62)52-47(37-65-34-22-42(58)49-25-9-3-6-13-30-54,38-66-35-23-43(59)50-26-10-4-7-14-31-55)39-67-36-24-44(60)51-27-11-5-8-15-32-56/h1,40,54-56H,3-39H2,(H,48,57)(H,49,58)(H,50,59)(H,51,60)(H,52,62)(H,63,64). The van der Waals surface area contributed by atoms with E-state index in [2.05, 4.69) is 31.1 Å². The van der Waals surface area contributed by atoms with Crippen molar-refractivity contribution in [2.24, 2.45) is 0 Å². The smallest absolute Gasteiger partial charge is 0.396 e.